The number of furan rings is 1. The molecular formula is C14H10N2O4. The summed E-state index contributed by atoms with van der Waals surface area (Å²) in [4.78, 5) is 15.2. The Labute approximate surface area is 113 Å². The van der Waals surface area contributed by atoms with Crippen molar-refractivity contribution < 1.29 is 18.8 Å². The Balaban J connectivity index is 1.98. The second-order valence-corrected chi connectivity index (χ2v) is 4.26. The summed E-state index contributed by atoms with van der Waals surface area (Å²) in [6, 6.07) is 8.15. The second-order valence-electron chi connectivity index (χ2n) is 4.26. The van der Waals surface area contributed by atoms with Crippen LogP contribution in [0.1, 0.15) is 16.1 Å². The van der Waals surface area contributed by atoms with Gasteiger partial charge in [0.2, 0.25) is 5.82 Å². The molecule has 0 aliphatic rings. The van der Waals surface area contributed by atoms with Gasteiger partial charge >= 0.3 is 5.97 Å². The van der Waals surface area contributed by atoms with E-state index in [1.165, 1.54) is 18.4 Å². The minimum atomic E-state index is -0.999. The van der Waals surface area contributed by atoms with Crippen LogP contribution in [0.4, 0.5) is 0 Å². The highest BCUT2D eigenvalue weighted by Gasteiger charge is 2.13. The smallest absolute Gasteiger partial charge is 0.335 e. The first-order valence-electron chi connectivity index (χ1n) is 5.86. The molecule has 0 saturated heterocycles. The van der Waals surface area contributed by atoms with Gasteiger partial charge in [0.05, 0.1) is 11.1 Å². The third-order valence-electron chi connectivity index (χ3n) is 2.77. The standard InChI is InChI=1S/C14H10N2O4/c1-8-5-11(7-19-8)13-15-12(16-20-13)9-3-2-4-10(6-9)14(17)18/h2-7H,1H3,(H,17,18). The normalized spacial score (nSPS) is 10.7. The van der Waals surface area contributed by atoms with Gasteiger partial charge in [-0.2, -0.15) is 4.98 Å². The minimum absolute atomic E-state index is 0.174. The molecule has 2 heterocycles. The van der Waals surface area contributed by atoms with Crippen LogP contribution in [0.5, 0.6) is 0 Å². The Morgan fingerprint density at radius 1 is 1.25 bits per heavy atom. The van der Waals surface area contributed by atoms with E-state index < -0.39 is 5.97 Å². The van der Waals surface area contributed by atoms with Gasteiger partial charge in [0.15, 0.2) is 0 Å². The van der Waals surface area contributed by atoms with Crippen LogP contribution in [0, 0.1) is 6.92 Å². The maximum atomic E-state index is 10.9. The largest absolute Gasteiger partial charge is 0.478 e. The predicted molar refractivity (Wildman–Crippen MR) is 69.1 cm³/mol. The molecule has 1 N–H and O–H groups in total. The molecule has 3 aromatic rings. The summed E-state index contributed by atoms with van der Waals surface area (Å²) < 4.78 is 10.3. The van der Waals surface area contributed by atoms with E-state index in [4.69, 9.17) is 14.0 Å². The third kappa shape index (κ3) is 2.18. The molecule has 100 valence electrons. The van der Waals surface area contributed by atoms with Gasteiger partial charge in [-0.05, 0) is 25.1 Å². The van der Waals surface area contributed by atoms with Crippen LogP contribution in [0.3, 0.4) is 0 Å². The number of nitrogens with zero attached hydrogens (tertiary/aromatic N) is 2. The van der Waals surface area contributed by atoms with E-state index in [1.54, 1.807) is 18.2 Å². The number of carboxylic acids is 1. The molecule has 1 aromatic carbocycles. The van der Waals surface area contributed by atoms with Gasteiger partial charge < -0.3 is 14.0 Å². The van der Waals surface area contributed by atoms with Crippen LogP contribution < -0.4 is 0 Å². The average molecular weight is 270 g/mol. The SMILES string of the molecule is Cc1cc(-c2nc(-c3cccc(C(=O)O)c3)no2)co1. The van der Waals surface area contributed by atoms with E-state index in [1.807, 2.05) is 6.92 Å². The summed E-state index contributed by atoms with van der Waals surface area (Å²) in [7, 11) is 0. The zero-order valence-corrected chi connectivity index (χ0v) is 10.5. The molecule has 0 unspecified atom stereocenters. The first kappa shape index (κ1) is 12.2. The molecule has 0 aliphatic carbocycles. The molecule has 0 aliphatic heterocycles. The monoisotopic (exact) mass is 270 g/mol. The van der Waals surface area contributed by atoms with Crippen LogP contribution >= 0.6 is 0 Å². The Bertz CT molecular complexity index is 773. The molecule has 2 aromatic heterocycles. The summed E-state index contributed by atoms with van der Waals surface area (Å²) in [5, 5.41) is 12.8. The fourth-order valence-electron chi connectivity index (χ4n) is 1.80. The zero-order chi connectivity index (χ0) is 14.1. The quantitative estimate of drug-likeness (QED) is 0.786. The van der Waals surface area contributed by atoms with Crippen molar-refractivity contribution in [3.05, 3.63) is 47.9 Å². The number of aromatic carboxylic acids is 1. The van der Waals surface area contributed by atoms with Crippen molar-refractivity contribution in [2.75, 3.05) is 0 Å². The van der Waals surface area contributed by atoms with Gasteiger partial charge in [-0.3, -0.25) is 0 Å². The Morgan fingerprint density at radius 3 is 2.80 bits per heavy atom. The lowest BCUT2D eigenvalue weighted by atomic mass is 10.1. The zero-order valence-electron chi connectivity index (χ0n) is 10.5. The number of carbonyl (C=O) groups is 1. The van der Waals surface area contributed by atoms with E-state index in [0.717, 1.165) is 5.76 Å². The van der Waals surface area contributed by atoms with Crippen LogP contribution in [-0.2, 0) is 0 Å². The Kier molecular flexibility index (Phi) is 2.83. The van der Waals surface area contributed by atoms with Crippen LogP contribution in [-0.4, -0.2) is 21.2 Å². The first-order chi connectivity index (χ1) is 9.63. The van der Waals surface area contributed by atoms with Gasteiger partial charge in [-0.15, -0.1) is 0 Å². The summed E-state index contributed by atoms with van der Waals surface area (Å²) in [6.45, 7) is 1.82. The topological polar surface area (TPSA) is 89.4 Å². The molecular weight excluding hydrogens is 260 g/mol. The maximum Gasteiger partial charge on any atom is 0.335 e. The number of aryl methyl sites for hydroxylation is 1. The van der Waals surface area contributed by atoms with E-state index in [-0.39, 0.29) is 5.56 Å². The highest BCUT2D eigenvalue weighted by atomic mass is 16.5. The van der Waals surface area contributed by atoms with Crippen molar-refractivity contribution in [1.82, 2.24) is 10.1 Å². The Hall–Kier alpha value is -2.89. The van der Waals surface area contributed by atoms with E-state index in [2.05, 4.69) is 10.1 Å². The van der Waals surface area contributed by atoms with Crippen molar-refractivity contribution >= 4 is 5.97 Å². The summed E-state index contributed by atoms with van der Waals surface area (Å²) >= 11 is 0. The predicted octanol–water partition coefficient (Wildman–Crippen LogP) is 3.00. The number of rotatable bonds is 3. The van der Waals surface area contributed by atoms with Crippen molar-refractivity contribution in [3.63, 3.8) is 0 Å². The highest BCUT2D eigenvalue weighted by Crippen LogP contribution is 2.24. The van der Waals surface area contributed by atoms with Gasteiger partial charge in [0.1, 0.15) is 12.0 Å². The summed E-state index contributed by atoms with van der Waals surface area (Å²) in [5.74, 6) is 0.410. The summed E-state index contributed by atoms with van der Waals surface area (Å²) in [6.07, 6.45) is 1.53. The highest BCUT2D eigenvalue weighted by molar-refractivity contribution is 5.89. The average Bonchev–Trinajstić information content (AvgIpc) is 3.07. The third-order valence-corrected chi connectivity index (χ3v) is 2.77. The lowest BCUT2D eigenvalue weighted by Gasteiger charge is -1.96. The lowest BCUT2D eigenvalue weighted by molar-refractivity contribution is 0.0697. The molecule has 0 saturated carbocycles. The molecule has 3 rings (SSSR count). The van der Waals surface area contributed by atoms with Gasteiger partial charge in [0.25, 0.3) is 5.89 Å². The number of hydrogen-bond donors (Lipinski definition) is 1. The van der Waals surface area contributed by atoms with E-state index >= 15 is 0 Å². The number of hydrogen-bond acceptors (Lipinski definition) is 5. The molecule has 0 radical (unpaired) electrons. The van der Waals surface area contributed by atoms with Crippen molar-refractivity contribution in [1.29, 1.82) is 0 Å². The minimum Gasteiger partial charge on any atom is -0.478 e. The van der Waals surface area contributed by atoms with E-state index in [0.29, 0.717) is 22.8 Å². The molecule has 6 heteroatoms. The fourth-order valence-corrected chi connectivity index (χ4v) is 1.80. The van der Waals surface area contributed by atoms with Crippen LogP contribution in [0.25, 0.3) is 22.8 Å². The van der Waals surface area contributed by atoms with Crippen LogP contribution in [0.15, 0.2) is 45.5 Å². The fraction of sp³-hybridized carbons (Fsp3) is 0.0714. The molecule has 0 atom stereocenters. The molecule has 0 fully saturated rings. The molecule has 20 heavy (non-hydrogen) atoms. The number of aromatic nitrogens is 2. The Morgan fingerprint density at radius 2 is 2.10 bits per heavy atom. The van der Waals surface area contributed by atoms with Crippen molar-refractivity contribution in [2.45, 2.75) is 6.92 Å². The number of benzene rings is 1. The number of carboxylic acid groups (broad SMARTS) is 1. The van der Waals surface area contributed by atoms with Crippen molar-refractivity contribution in [2.24, 2.45) is 0 Å². The molecule has 0 bridgehead atoms. The van der Waals surface area contributed by atoms with Gasteiger partial charge in [-0.25, -0.2) is 4.79 Å². The van der Waals surface area contributed by atoms with Crippen molar-refractivity contribution in [3.8, 4) is 22.8 Å². The maximum absolute atomic E-state index is 10.9. The van der Waals surface area contributed by atoms with Crippen LogP contribution in [0.2, 0.25) is 0 Å². The molecule has 6 nitrogen and oxygen atoms in total. The summed E-state index contributed by atoms with van der Waals surface area (Å²) in [5.41, 5.74) is 1.45. The second kappa shape index (κ2) is 4.65. The lowest BCUT2D eigenvalue weighted by Crippen LogP contribution is -1.96. The first-order valence-corrected chi connectivity index (χ1v) is 5.86. The molecule has 0 amide bonds. The van der Waals surface area contributed by atoms with Gasteiger partial charge in [-0.1, -0.05) is 17.3 Å². The van der Waals surface area contributed by atoms with E-state index in [9.17, 15) is 4.79 Å². The molecule has 0 spiro atoms. The van der Waals surface area contributed by atoms with Gasteiger partial charge in [0, 0.05) is 5.56 Å².